The molecule has 0 aliphatic carbocycles. The fourth-order valence-corrected chi connectivity index (χ4v) is 6.20. The number of nitrogens with zero attached hydrogens (tertiary/aromatic N) is 4. The highest BCUT2D eigenvalue weighted by Crippen LogP contribution is 2.44. The molecule has 3 aromatic rings. The highest BCUT2D eigenvalue weighted by Gasteiger charge is 2.49. The van der Waals surface area contributed by atoms with E-state index in [4.69, 9.17) is 4.74 Å². The lowest BCUT2D eigenvalue weighted by atomic mass is 9.77. The van der Waals surface area contributed by atoms with Crippen molar-refractivity contribution in [3.63, 3.8) is 0 Å². The van der Waals surface area contributed by atoms with Crippen LogP contribution in [-0.4, -0.2) is 66.1 Å². The summed E-state index contributed by atoms with van der Waals surface area (Å²) in [6.45, 7) is 2.48. The van der Waals surface area contributed by atoms with E-state index in [1.165, 1.54) is 0 Å². The number of anilines is 2. The molecule has 3 aliphatic rings. The number of aromatic amines is 1. The van der Waals surface area contributed by atoms with Crippen LogP contribution in [0.4, 0.5) is 11.4 Å². The predicted octanol–water partition coefficient (Wildman–Crippen LogP) is 4.26. The molecule has 0 radical (unpaired) electrons. The summed E-state index contributed by atoms with van der Waals surface area (Å²) in [4.78, 5) is 44.7. The van der Waals surface area contributed by atoms with Crippen molar-refractivity contribution in [1.82, 2.24) is 15.1 Å². The molecule has 3 amide bonds. The van der Waals surface area contributed by atoms with E-state index >= 15 is 0 Å². The topological polar surface area (TPSA) is 98.8 Å². The lowest BCUT2D eigenvalue weighted by molar-refractivity contribution is -0.127. The number of hydrogen-bond acceptors (Lipinski definition) is 5. The molecular weight excluding hydrogens is 494 g/mol. The summed E-state index contributed by atoms with van der Waals surface area (Å²) in [6.07, 6.45) is 8.16. The zero-order valence-corrected chi connectivity index (χ0v) is 22.2. The zero-order valence-electron chi connectivity index (χ0n) is 22.2. The third-order valence-electron chi connectivity index (χ3n) is 8.58. The Bertz CT molecular complexity index is 1380. The Balaban J connectivity index is 1.11. The van der Waals surface area contributed by atoms with Gasteiger partial charge in [0.2, 0.25) is 11.8 Å². The normalized spacial score (nSPS) is 19.2. The van der Waals surface area contributed by atoms with Gasteiger partial charge in [-0.2, -0.15) is 5.10 Å². The first-order valence-electron chi connectivity index (χ1n) is 13.7. The predicted molar refractivity (Wildman–Crippen MR) is 148 cm³/mol. The fourth-order valence-electron chi connectivity index (χ4n) is 6.20. The minimum absolute atomic E-state index is 0.0248. The molecule has 39 heavy (non-hydrogen) atoms. The van der Waals surface area contributed by atoms with Gasteiger partial charge in [0.25, 0.3) is 5.91 Å². The Morgan fingerprint density at radius 3 is 2.36 bits per heavy atom. The third-order valence-corrected chi connectivity index (χ3v) is 8.58. The van der Waals surface area contributed by atoms with Crippen LogP contribution in [0.3, 0.4) is 0 Å². The van der Waals surface area contributed by atoms with Crippen molar-refractivity contribution in [3.8, 4) is 16.9 Å². The largest absolute Gasteiger partial charge is 0.496 e. The second-order valence-corrected chi connectivity index (χ2v) is 10.7. The van der Waals surface area contributed by atoms with E-state index in [0.29, 0.717) is 50.2 Å². The van der Waals surface area contributed by atoms with E-state index in [0.717, 1.165) is 48.3 Å². The number of piperidine rings is 2. The third kappa shape index (κ3) is 4.56. The second kappa shape index (κ2) is 10.2. The molecule has 9 nitrogen and oxygen atoms in total. The van der Waals surface area contributed by atoms with E-state index in [1.807, 2.05) is 58.5 Å². The highest BCUT2D eigenvalue weighted by molar-refractivity contribution is 6.01. The van der Waals surface area contributed by atoms with Crippen LogP contribution in [-0.2, 0) is 9.59 Å². The average molecular weight is 528 g/mol. The number of rotatable bonds is 5. The minimum Gasteiger partial charge on any atom is -0.496 e. The monoisotopic (exact) mass is 527 g/mol. The maximum atomic E-state index is 13.7. The first kappa shape index (κ1) is 25.2. The first-order valence-corrected chi connectivity index (χ1v) is 13.7. The van der Waals surface area contributed by atoms with Gasteiger partial charge < -0.3 is 19.4 Å². The number of carbonyl (C=O) groups excluding carboxylic acids is 3. The fraction of sp³-hybridized carbons (Fsp3) is 0.400. The standard InChI is InChI=1S/C30H33N5O4/c1-39-26-18-24(9-10-25(26)22-19-31-32-20-22)35-17-13-30(29(35)38)11-15-33(16-12-30)28(37)21-5-7-23(8-6-21)34-14-3-2-4-27(34)36/h5-10,18-20H,2-4,11-17H2,1H3,(H,31,32). The van der Waals surface area contributed by atoms with Crippen LogP contribution in [0.15, 0.2) is 54.9 Å². The number of methoxy groups -OCH3 is 1. The molecule has 9 heteroatoms. The van der Waals surface area contributed by atoms with Crippen LogP contribution >= 0.6 is 0 Å². The molecule has 0 saturated carbocycles. The second-order valence-electron chi connectivity index (χ2n) is 10.7. The van der Waals surface area contributed by atoms with Gasteiger partial charge in [-0.25, -0.2) is 0 Å². The summed E-state index contributed by atoms with van der Waals surface area (Å²) in [5.74, 6) is 0.939. The van der Waals surface area contributed by atoms with Gasteiger partial charge in [-0.05, 0) is 68.5 Å². The number of hydrogen-bond donors (Lipinski definition) is 1. The summed E-state index contributed by atoms with van der Waals surface area (Å²) in [6, 6.07) is 13.2. The lowest BCUT2D eigenvalue weighted by Gasteiger charge is -2.38. The Morgan fingerprint density at radius 1 is 0.923 bits per heavy atom. The molecule has 3 fully saturated rings. The lowest BCUT2D eigenvalue weighted by Crippen LogP contribution is -2.46. The Hall–Kier alpha value is -4.14. The Labute approximate surface area is 227 Å². The maximum absolute atomic E-state index is 13.7. The molecule has 202 valence electrons. The summed E-state index contributed by atoms with van der Waals surface area (Å²) in [5.41, 5.74) is 3.69. The number of benzene rings is 2. The summed E-state index contributed by atoms with van der Waals surface area (Å²) < 4.78 is 5.63. The average Bonchev–Trinajstić information content (AvgIpc) is 3.62. The summed E-state index contributed by atoms with van der Waals surface area (Å²) >= 11 is 0. The SMILES string of the molecule is COc1cc(N2CCC3(CCN(C(=O)c4ccc(N5CCCCC5=O)cc4)CC3)C2=O)ccc1-c1cn[nH]c1. The smallest absolute Gasteiger partial charge is 0.253 e. The van der Waals surface area contributed by atoms with Crippen LogP contribution in [0.2, 0.25) is 0 Å². The summed E-state index contributed by atoms with van der Waals surface area (Å²) in [5, 5.41) is 6.84. The van der Waals surface area contributed by atoms with Crippen LogP contribution in [0.25, 0.3) is 11.1 Å². The van der Waals surface area contributed by atoms with Crippen LogP contribution in [0, 0.1) is 5.41 Å². The van der Waals surface area contributed by atoms with E-state index in [9.17, 15) is 14.4 Å². The van der Waals surface area contributed by atoms with Gasteiger partial charge in [0.05, 0.1) is 18.7 Å². The molecule has 0 atom stereocenters. The first-order chi connectivity index (χ1) is 19.0. The Morgan fingerprint density at radius 2 is 1.67 bits per heavy atom. The number of likely N-dealkylation sites (tertiary alicyclic amines) is 1. The van der Waals surface area contributed by atoms with Crippen molar-refractivity contribution in [2.24, 2.45) is 5.41 Å². The van der Waals surface area contributed by atoms with Gasteiger partial charge in [0, 0.05) is 72.9 Å². The summed E-state index contributed by atoms with van der Waals surface area (Å²) in [7, 11) is 1.63. The van der Waals surface area contributed by atoms with Gasteiger partial charge in [-0.1, -0.05) is 0 Å². The van der Waals surface area contributed by atoms with Gasteiger partial charge >= 0.3 is 0 Å². The molecule has 1 spiro atoms. The molecule has 6 rings (SSSR count). The number of carbonyl (C=O) groups is 3. The molecule has 3 aliphatic heterocycles. The van der Waals surface area contributed by atoms with Gasteiger partial charge in [0.1, 0.15) is 5.75 Å². The number of ether oxygens (including phenoxy) is 1. The molecule has 3 saturated heterocycles. The molecule has 0 unspecified atom stereocenters. The van der Waals surface area contributed by atoms with Gasteiger partial charge in [0.15, 0.2) is 0 Å². The number of amides is 3. The van der Waals surface area contributed by atoms with Crippen molar-refractivity contribution in [2.45, 2.75) is 38.5 Å². The Kier molecular flexibility index (Phi) is 6.58. The van der Waals surface area contributed by atoms with E-state index in [-0.39, 0.29) is 17.7 Å². The van der Waals surface area contributed by atoms with E-state index in [2.05, 4.69) is 10.2 Å². The molecule has 1 aromatic heterocycles. The van der Waals surface area contributed by atoms with Crippen molar-refractivity contribution in [2.75, 3.05) is 43.1 Å². The molecule has 2 aromatic carbocycles. The minimum atomic E-state index is -0.439. The quantitative estimate of drug-likeness (QED) is 0.535. The number of nitrogens with one attached hydrogen (secondary N) is 1. The van der Waals surface area contributed by atoms with Crippen LogP contribution < -0.4 is 14.5 Å². The molecular formula is C30H33N5O4. The van der Waals surface area contributed by atoms with E-state index in [1.54, 1.807) is 18.2 Å². The van der Waals surface area contributed by atoms with Crippen LogP contribution in [0.5, 0.6) is 5.75 Å². The maximum Gasteiger partial charge on any atom is 0.253 e. The number of aromatic nitrogens is 2. The van der Waals surface area contributed by atoms with Crippen molar-refractivity contribution in [3.05, 3.63) is 60.4 Å². The van der Waals surface area contributed by atoms with E-state index < -0.39 is 5.41 Å². The van der Waals surface area contributed by atoms with Crippen molar-refractivity contribution < 1.29 is 19.1 Å². The zero-order chi connectivity index (χ0) is 27.0. The van der Waals surface area contributed by atoms with Crippen molar-refractivity contribution in [1.29, 1.82) is 0 Å². The van der Waals surface area contributed by atoms with Crippen molar-refractivity contribution >= 4 is 29.1 Å². The molecule has 1 N–H and O–H groups in total. The molecule has 4 heterocycles. The molecule has 0 bridgehead atoms. The number of H-pyrrole nitrogens is 1. The van der Waals surface area contributed by atoms with Gasteiger partial charge in [-0.3, -0.25) is 19.5 Å². The van der Waals surface area contributed by atoms with Crippen LogP contribution in [0.1, 0.15) is 48.9 Å². The highest BCUT2D eigenvalue weighted by atomic mass is 16.5. The van der Waals surface area contributed by atoms with Gasteiger partial charge in [-0.15, -0.1) is 0 Å².